The van der Waals surface area contributed by atoms with Crippen LogP contribution >= 0.6 is 0 Å². The molecule has 0 aromatic heterocycles. The number of aliphatic hydroxyl groups excluding tert-OH is 1. The number of alkyl carbamates (subject to hydrolysis) is 1. The summed E-state index contributed by atoms with van der Waals surface area (Å²) in [5, 5.41) is 11.7. The molecule has 0 radical (unpaired) electrons. The lowest BCUT2D eigenvalue weighted by atomic mass is 10.0. The smallest absolute Gasteiger partial charge is 0.407 e. The quantitative estimate of drug-likeness (QED) is 0.740. The van der Waals surface area contributed by atoms with Gasteiger partial charge < -0.3 is 15.2 Å². The molecular weight excluding hydrogens is 230 g/mol. The van der Waals surface area contributed by atoms with Crippen molar-refractivity contribution in [3.8, 4) is 0 Å². The van der Waals surface area contributed by atoms with Gasteiger partial charge >= 0.3 is 6.09 Å². The zero-order valence-electron chi connectivity index (χ0n) is 11.3. The van der Waals surface area contributed by atoms with Crippen molar-refractivity contribution >= 4 is 6.09 Å². The molecule has 1 heterocycles. The summed E-state index contributed by atoms with van der Waals surface area (Å²) in [5.74, 6) is 0. The Morgan fingerprint density at radius 3 is 2.72 bits per heavy atom. The number of aliphatic hydroxyl groups is 1. The van der Waals surface area contributed by atoms with Gasteiger partial charge in [-0.1, -0.05) is 44.7 Å². The molecule has 2 unspecified atom stereocenters. The Morgan fingerprint density at radius 2 is 2.22 bits per heavy atom. The second kappa shape index (κ2) is 9.48. The van der Waals surface area contributed by atoms with Crippen molar-refractivity contribution in [2.75, 3.05) is 6.61 Å². The van der Waals surface area contributed by atoms with Crippen LogP contribution in [0.15, 0.2) is 36.5 Å². The number of carbonyl (C=O) groups is 1. The number of cyclic esters (lactones) is 1. The van der Waals surface area contributed by atoms with Gasteiger partial charge in [0, 0.05) is 0 Å². The number of hydrogen-bond acceptors (Lipinski definition) is 3. The largest absolute Gasteiger partial charge is 0.442 e. The van der Waals surface area contributed by atoms with E-state index in [9.17, 15) is 4.79 Å². The molecule has 0 aromatic rings. The first kappa shape index (κ1) is 16.4. The Morgan fingerprint density at radius 1 is 1.56 bits per heavy atom. The molecule has 1 aliphatic rings. The van der Waals surface area contributed by atoms with E-state index in [1.807, 2.05) is 39.0 Å². The molecule has 1 aliphatic heterocycles. The fourth-order valence-corrected chi connectivity index (χ4v) is 1.66. The second-order valence-corrected chi connectivity index (χ2v) is 3.56. The predicted molar refractivity (Wildman–Crippen MR) is 73.3 cm³/mol. The minimum absolute atomic E-state index is 0.166. The molecule has 2 atom stereocenters. The molecule has 0 aromatic carbocycles. The third-order valence-corrected chi connectivity index (χ3v) is 2.36. The molecule has 18 heavy (non-hydrogen) atoms. The summed E-state index contributed by atoms with van der Waals surface area (Å²) in [7, 11) is 0. The van der Waals surface area contributed by atoms with E-state index in [0.29, 0.717) is 6.42 Å². The highest BCUT2D eigenvalue weighted by atomic mass is 16.6. The second-order valence-electron chi connectivity index (χ2n) is 3.56. The molecule has 102 valence electrons. The molecule has 1 rings (SSSR count). The fourth-order valence-electron chi connectivity index (χ4n) is 1.66. The normalized spacial score (nSPS) is 23.1. The maximum Gasteiger partial charge on any atom is 0.407 e. The lowest BCUT2D eigenvalue weighted by Crippen LogP contribution is -2.33. The van der Waals surface area contributed by atoms with Gasteiger partial charge in [0.25, 0.3) is 0 Å². The first-order chi connectivity index (χ1) is 8.71. The van der Waals surface area contributed by atoms with Crippen LogP contribution in [0.3, 0.4) is 0 Å². The van der Waals surface area contributed by atoms with Crippen LogP contribution in [0.4, 0.5) is 4.79 Å². The lowest BCUT2D eigenvalue weighted by Gasteiger charge is -2.14. The van der Waals surface area contributed by atoms with E-state index in [1.165, 1.54) is 0 Å². The number of rotatable bonds is 5. The van der Waals surface area contributed by atoms with Gasteiger partial charge in [0.15, 0.2) is 0 Å². The van der Waals surface area contributed by atoms with Crippen LogP contribution < -0.4 is 5.32 Å². The zero-order valence-corrected chi connectivity index (χ0v) is 11.3. The van der Waals surface area contributed by atoms with E-state index in [2.05, 4.69) is 11.9 Å². The summed E-state index contributed by atoms with van der Waals surface area (Å²) < 4.78 is 4.90. The average Bonchev–Trinajstić information content (AvgIpc) is 2.72. The molecule has 4 heteroatoms. The number of ether oxygens (including phenoxy) is 1. The van der Waals surface area contributed by atoms with E-state index in [1.54, 1.807) is 6.08 Å². The van der Waals surface area contributed by atoms with Gasteiger partial charge in [-0.15, -0.1) is 0 Å². The Bertz CT molecular complexity index is 321. The van der Waals surface area contributed by atoms with Crippen LogP contribution in [0, 0.1) is 0 Å². The van der Waals surface area contributed by atoms with Crippen LogP contribution in [0.25, 0.3) is 0 Å². The Hall–Kier alpha value is -1.55. The topological polar surface area (TPSA) is 58.6 Å². The molecule has 0 spiro atoms. The SMILES string of the molecule is C=C/C=C(\C=C/C)CC1NC(=O)OC1CO.CC. The number of allylic oxidation sites excluding steroid dienone is 4. The first-order valence-electron chi connectivity index (χ1n) is 6.23. The van der Waals surface area contributed by atoms with Gasteiger partial charge in [0.2, 0.25) is 0 Å². The van der Waals surface area contributed by atoms with Gasteiger partial charge in [-0.3, -0.25) is 0 Å². The van der Waals surface area contributed by atoms with E-state index >= 15 is 0 Å². The highest BCUT2D eigenvalue weighted by Gasteiger charge is 2.33. The van der Waals surface area contributed by atoms with Crippen LogP contribution in [0.5, 0.6) is 0 Å². The van der Waals surface area contributed by atoms with Gasteiger partial charge in [-0.25, -0.2) is 4.79 Å². The standard InChI is InChI=1S/C12H17NO3.C2H6/c1-3-5-9(6-4-2)7-10-11(8-14)16-12(15)13-10;1-2/h3-6,10-11,14H,1,7-8H2,2H3,(H,13,15);1-2H3/b6-4-,9-5+;. The van der Waals surface area contributed by atoms with Crippen molar-refractivity contribution in [3.63, 3.8) is 0 Å². The van der Waals surface area contributed by atoms with Crippen molar-refractivity contribution in [1.82, 2.24) is 5.32 Å². The zero-order chi connectivity index (χ0) is 14.0. The Labute approximate surface area is 109 Å². The molecule has 0 saturated carbocycles. The summed E-state index contributed by atoms with van der Waals surface area (Å²) in [6, 6.07) is -0.181. The monoisotopic (exact) mass is 253 g/mol. The number of amides is 1. The molecular formula is C14H23NO3. The van der Waals surface area contributed by atoms with Crippen molar-refractivity contribution in [3.05, 3.63) is 36.5 Å². The summed E-state index contributed by atoms with van der Waals surface area (Å²) in [4.78, 5) is 11.0. The van der Waals surface area contributed by atoms with Crippen molar-refractivity contribution in [2.45, 2.75) is 39.3 Å². The van der Waals surface area contributed by atoms with Crippen LogP contribution in [0.2, 0.25) is 0 Å². The summed E-state index contributed by atoms with van der Waals surface area (Å²) >= 11 is 0. The molecule has 1 amide bonds. The third-order valence-electron chi connectivity index (χ3n) is 2.36. The van der Waals surface area contributed by atoms with Crippen LogP contribution in [-0.2, 0) is 4.74 Å². The number of nitrogens with one attached hydrogen (secondary N) is 1. The Kier molecular flexibility index (Phi) is 8.66. The first-order valence-corrected chi connectivity index (χ1v) is 6.23. The molecule has 0 aliphatic carbocycles. The molecule has 4 nitrogen and oxygen atoms in total. The van der Waals surface area contributed by atoms with Crippen molar-refractivity contribution < 1.29 is 14.6 Å². The molecule has 1 fully saturated rings. The minimum atomic E-state index is -0.470. The van der Waals surface area contributed by atoms with Crippen LogP contribution in [0.1, 0.15) is 27.2 Å². The van der Waals surface area contributed by atoms with Crippen LogP contribution in [-0.4, -0.2) is 30.0 Å². The molecule has 0 bridgehead atoms. The average molecular weight is 253 g/mol. The van der Waals surface area contributed by atoms with E-state index < -0.39 is 12.2 Å². The number of carbonyl (C=O) groups excluding carboxylic acids is 1. The third kappa shape index (κ3) is 5.19. The highest BCUT2D eigenvalue weighted by Crippen LogP contribution is 2.17. The summed E-state index contributed by atoms with van der Waals surface area (Å²) in [5.41, 5.74) is 1.03. The molecule has 1 saturated heterocycles. The van der Waals surface area contributed by atoms with E-state index in [4.69, 9.17) is 9.84 Å². The Balaban J connectivity index is 0.00000137. The predicted octanol–water partition coefficient (Wildman–Crippen LogP) is 2.56. The van der Waals surface area contributed by atoms with Crippen molar-refractivity contribution in [2.24, 2.45) is 0 Å². The fraction of sp³-hybridized carbons (Fsp3) is 0.500. The lowest BCUT2D eigenvalue weighted by molar-refractivity contribution is 0.0830. The maximum absolute atomic E-state index is 11.0. The molecule has 2 N–H and O–H groups in total. The van der Waals surface area contributed by atoms with E-state index in [-0.39, 0.29) is 12.6 Å². The van der Waals surface area contributed by atoms with Gasteiger partial charge in [0.05, 0.1) is 12.6 Å². The van der Waals surface area contributed by atoms with E-state index in [0.717, 1.165) is 5.57 Å². The van der Waals surface area contributed by atoms with Gasteiger partial charge in [-0.2, -0.15) is 0 Å². The van der Waals surface area contributed by atoms with Gasteiger partial charge in [-0.05, 0) is 18.9 Å². The van der Waals surface area contributed by atoms with Crippen molar-refractivity contribution in [1.29, 1.82) is 0 Å². The highest BCUT2D eigenvalue weighted by molar-refractivity contribution is 5.70. The minimum Gasteiger partial charge on any atom is -0.442 e. The summed E-state index contributed by atoms with van der Waals surface area (Å²) in [6.07, 6.45) is 7.11. The summed E-state index contributed by atoms with van der Waals surface area (Å²) in [6.45, 7) is 9.39. The maximum atomic E-state index is 11.0. The number of hydrogen-bond donors (Lipinski definition) is 2. The van der Waals surface area contributed by atoms with Gasteiger partial charge in [0.1, 0.15) is 6.10 Å².